The lowest BCUT2D eigenvalue weighted by atomic mass is 9.98. The Bertz CT molecular complexity index is 444. The van der Waals surface area contributed by atoms with E-state index in [0.29, 0.717) is 0 Å². The lowest BCUT2D eigenvalue weighted by Crippen LogP contribution is -2.58. The highest BCUT2D eigenvalue weighted by atomic mass is 15.3. The van der Waals surface area contributed by atoms with Crippen LogP contribution in [0.25, 0.3) is 0 Å². The molecule has 0 aliphatic carbocycles. The lowest BCUT2D eigenvalue weighted by Gasteiger charge is -2.46. The largest absolute Gasteiger partial charge is 0.353 e. The van der Waals surface area contributed by atoms with Gasteiger partial charge in [0, 0.05) is 37.4 Å². The molecule has 4 heteroatoms. The fraction of sp³-hybridized carbons (Fsp3) is 0.688. The number of piperazine rings is 1. The molecule has 2 rings (SSSR count). The number of anilines is 1. The van der Waals surface area contributed by atoms with Crippen LogP contribution in [0.2, 0.25) is 0 Å². The molecule has 0 aromatic carbocycles. The molecule has 1 saturated heterocycles. The van der Waals surface area contributed by atoms with Crippen molar-refractivity contribution in [3.05, 3.63) is 23.9 Å². The first-order valence-electron chi connectivity index (χ1n) is 7.59. The monoisotopic (exact) mass is 276 g/mol. The summed E-state index contributed by atoms with van der Waals surface area (Å²) in [5.41, 5.74) is 7.58. The molecule has 1 atom stereocenters. The Morgan fingerprint density at radius 3 is 2.80 bits per heavy atom. The Hall–Kier alpha value is -1.13. The van der Waals surface area contributed by atoms with Crippen molar-refractivity contribution in [2.75, 3.05) is 31.6 Å². The van der Waals surface area contributed by atoms with Crippen molar-refractivity contribution in [3.8, 4) is 0 Å². The molecule has 1 aromatic rings. The maximum absolute atomic E-state index is 6.12. The molecule has 0 radical (unpaired) electrons. The molecule has 1 unspecified atom stereocenters. The summed E-state index contributed by atoms with van der Waals surface area (Å²) in [6.45, 7) is 9.84. The number of pyridine rings is 1. The molecular formula is C16H28N4. The average Bonchev–Trinajstić information content (AvgIpc) is 2.42. The van der Waals surface area contributed by atoms with Crippen LogP contribution in [0, 0.1) is 0 Å². The van der Waals surface area contributed by atoms with Gasteiger partial charge in [0.2, 0.25) is 0 Å². The van der Waals surface area contributed by atoms with Crippen molar-refractivity contribution in [2.45, 2.75) is 45.2 Å². The SMILES string of the molecule is CCC(N)Cc1cccnc1N1CCN(C)C(C)(C)C1. The molecule has 1 aromatic heterocycles. The summed E-state index contributed by atoms with van der Waals surface area (Å²) in [5.74, 6) is 1.12. The van der Waals surface area contributed by atoms with E-state index in [0.717, 1.165) is 38.3 Å². The molecule has 4 nitrogen and oxygen atoms in total. The van der Waals surface area contributed by atoms with Gasteiger partial charge < -0.3 is 10.6 Å². The number of hydrogen-bond donors (Lipinski definition) is 1. The van der Waals surface area contributed by atoms with Crippen LogP contribution in [0.3, 0.4) is 0 Å². The molecule has 0 spiro atoms. The van der Waals surface area contributed by atoms with Crippen LogP contribution < -0.4 is 10.6 Å². The van der Waals surface area contributed by atoms with Gasteiger partial charge >= 0.3 is 0 Å². The van der Waals surface area contributed by atoms with Gasteiger partial charge in [-0.2, -0.15) is 0 Å². The normalized spacial score (nSPS) is 20.9. The first-order valence-corrected chi connectivity index (χ1v) is 7.59. The summed E-state index contributed by atoms with van der Waals surface area (Å²) in [5, 5.41) is 0. The van der Waals surface area contributed by atoms with Crippen LogP contribution in [0.5, 0.6) is 0 Å². The average molecular weight is 276 g/mol. The number of hydrogen-bond acceptors (Lipinski definition) is 4. The van der Waals surface area contributed by atoms with E-state index in [1.54, 1.807) is 0 Å². The summed E-state index contributed by atoms with van der Waals surface area (Å²) in [7, 11) is 2.20. The van der Waals surface area contributed by atoms with E-state index in [-0.39, 0.29) is 11.6 Å². The summed E-state index contributed by atoms with van der Waals surface area (Å²) in [6.07, 6.45) is 3.80. The van der Waals surface area contributed by atoms with Gasteiger partial charge in [0.15, 0.2) is 0 Å². The highest BCUT2D eigenvalue weighted by Gasteiger charge is 2.32. The van der Waals surface area contributed by atoms with Crippen molar-refractivity contribution in [1.29, 1.82) is 0 Å². The fourth-order valence-electron chi connectivity index (χ4n) is 2.72. The maximum atomic E-state index is 6.12. The van der Waals surface area contributed by atoms with Gasteiger partial charge in [-0.05, 0) is 45.4 Å². The van der Waals surface area contributed by atoms with Gasteiger partial charge in [-0.3, -0.25) is 4.90 Å². The van der Waals surface area contributed by atoms with Crippen LogP contribution in [0.1, 0.15) is 32.8 Å². The third-order valence-corrected chi connectivity index (χ3v) is 4.49. The Labute approximate surface area is 123 Å². The van der Waals surface area contributed by atoms with Crippen LogP contribution in [0.15, 0.2) is 18.3 Å². The molecule has 1 fully saturated rings. The number of aromatic nitrogens is 1. The van der Waals surface area contributed by atoms with E-state index in [4.69, 9.17) is 5.73 Å². The minimum atomic E-state index is 0.180. The van der Waals surface area contributed by atoms with Crippen molar-refractivity contribution < 1.29 is 0 Å². The number of rotatable bonds is 4. The predicted molar refractivity (Wildman–Crippen MR) is 85.1 cm³/mol. The van der Waals surface area contributed by atoms with Gasteiger partial charge in [0.1, 0.15) is 5.82 Å². The Kier molecular flexibility index (Phi) is 4.66. The molecule has 0 amide bonds. The molecule has 1 aliphatic rings. The summed E-state index contributed by atoms with van der Waals surface area (Å²) >= 11 is 0. The molecule has 0 bridgehead atoms. The zero-order valence-corrected chi connectivity index (χ0v) is 13.3. The Balaban J connectivity index is 2.20. The topological polar surface area (TPSA) is 45.4 Å². The molecule has 2 N–H and O–H groups in total. The molecular weight excluding hydrogens is 248 g/mol. The van der Waals surface area contributed by atoms with E-state index in [1.165, 1.54) is 5.56 Å². The van der Waals surface area contributed by atoms with Crippen molar-refractivity contribution in [2.24, 2.45) is 5.73 Å². The van der Waals surface area contributed by atoms with Gasteiger partial charge in [-0.25, -0.2) is 4.98 Å². The quantitative estimate of drug-likeness (QED) is 0.912. The Morgan fingerprint density at radius 2 is 2.15 bits per heavy atom. The van der Waals surface area contributed by atoms with Gasteiger partial charge in [0.25, 0.3) is 0 Å². The van der Waals surface area contributed by atoms with Gasteiger partial charge in [-0.1, -0.05) is 13.0 Å². The second kappa shape index (κ2) is 6.10. The smallest absolute Gasteiger partial charge is 0.131 e. The van der Waals surface area contributed by atoms with E-state index in [1.807, 2.05) is 12.3 Å². The van der Waals surface area contributed by atoms with E-state index in [9.17, 15) is 0 Å². The maximum Gasteiger partial charge on any atom is 0.131 e. The van der Waals surface area contributed by atoms with Crippen LogP contribution in [-0.2, 0) is 6.42 Å². The van der Waals surface area contributed by atoms with Crippen LogP contribution in [0.4, 0.5) is 5.82 Å². The fourth-order valence-corrected chi connectivity index (χ4v) is 2.72. The van der Waals surface area contributed by atoms with Crippen LogP contribution >= 0.6 is 0 Å². The molecule has 112 valence electrons. The van der Waals surface area contributed by atoms with E-state index in [2.05, 4.69) is 48.7 Å². The number of nitrogens with two attached hydrogens (primary N) is 1. The molecule has 2 heterocycles. The van der Waals surface area contributed by atoms with Crippen molar-refractivity contribution >= 4 is 5.82 Å². The molecule has 20 heavy (non-hydrogen) atoms. The molecule has 1 aliphatic heterocycles. The van der Waals surface area contributed by atoms with Crippen molar-refractivity contribution in [3.63, 3.8) is 0 Å². The zero-order valence-electron chi connectivity index (χ0n) is 13.3. The zero-order chi connectivity index (χ0) is 14.8. The minimum absolute atomic E-state index is 0.180. The summed E-state index contributed by atoms with van der Waals surface area (Å²) in [4.78, 5) is 9.47. The van der Waals surface area contributed by atoms with E-state index >= 15 is 0 Å². The number of likely N-dealkylation sites (N-methyl/N-ethyl adjacent to an activating group) is 1. The predicted octanol–water partition coefficient (Wildman–Crippen LogP) is 1.89. The number of nitrogens with zero attached hydrogens (tertiary/aromatic N) is 3. The molecule has 0 saturated carbocycles. The van der Waals surface area contributed by atoms with Gasteiger partial charge in [-0.15, -0.1) is 0 Å². The summed E-state index contributed by atoms with van der Waals surface area (Å²) < 4.78 is 0. The van der Waals surface area contributed by atoms with Gasteiger partial charge in [0.05, 0.1) is 0 Å². The van der Waals surface area contributed by atoms with Crippen molar-refractivity contribution in [1.82, 2.24) is 9.88 Å². The lowest BCUT2D eigenvalue weighted by molar-refractivity contribution is 0.138. The minimum Gasteiger partial charge on any atom is -0.353 e. The second-order valence-corrected chi connectivity index (χ2v) is 6.51. The highest BCUT2D eigenvalue weighted by Crippen LogP contribution is 2.26. The first kappa shape index (κ1) is 15.3. The highest BCUT2D eigenvalue weighted by molar-refractivity contribution is 5.48. The first-order chi connectivity index (χ1) is 9.44. The second-order valence-electron chi connectivity index (χ2n) is 6.51. The third-order valence-electron chi connectivity index (χ3n) is 4.49. The van der Waals surface area contributed by atoms with Crippen LogP contribution in [-0.4, -0.2) is 48.1 Å². The van der Waals surface area contributed by atoms with E-state index < -0.39 is 0 Å². The standard InChI is InChI=1S/C16H28N4/c1-5-14(17)11-13-7-6-8-18-15(13)20-10-9-19(4)16(2,3)12-20/h6-8,14H,5,9-12,17H2,1-4H3. The third kappa shape index (κ3) is 3.30. The summed E-state index contributed by atoms with van der Waals surface area (Å²) in [6, 6.07) is 4.41. The Morgan fingerprint density at radius 1 is 1.40 bits per heavy atom.